The maximum atomic E-state index is 12.5. The first kappa shape index (κ1) is 17.3. The van der Waals surface area contributed by atoms with Gasteiger partial charge in [0.05, 0.1) is 6.04 Å². The van der Waals surface area contributed by atoms with Gasteiger partial charge in [-0.25, -0.2) is 4.79 Å². The highest BCUT2D eigenvalue weighted by Crippen LogP contribution is 2.29. The van der Waals surface area contributed by atoms with Crippen molar-refractivity contribution in [2.45, 2.75) is 52.2 Å². The summed E-state index contributed by atoms with van der Waals surface area (Å²) in [7, 11) is 0. The number of amides is 1. The van der Waals surface area contributed by atoms with E-state index < -0.39 is 12.1 Å². The van der Waals surface area contributed by atoms with E-state index in [9.17, 15) is 9.59 Å². The van der Waals surface area contributed by atoms with Crippen molar-refractivity contribution in [1.29, 1.82) is 0 Å². The van der Waals surface area contributed by atoms with Crippen molar-refractivity contribution in [2.24, 2.45) is 0 Å². The van der Waals surface area contributed by atoms with E-state index >= 15 is 0 Å². The molecule has 0 bridgehead atoms. The SMILES string of the molecule is Cc1cc(C(=O)O[C@H](C)C(=O)N[C@H]2CCCc3ccccc32)c(C)o1. The Hall–Kier alpha value is -2.56. The van der Waals surface area contributed by atoms with Crippen molar-refractivity contribution in [3.8, 4) is 0 Å². The summed E-state index contributed by atoms with van der Waals surface area (Å²) in [5, 5.41) is 3.01. The second kappa shape index (κ2) is 7.13. The molecule has 132 valence electrons. The van der Waals surface area contributed by atoms with Gasteiger partial charge in [-0.1, -0.05) is 24.3 Å². The van der Waals surface area contributed by atoms with E-state index in [4.69, 9.17) is 9.15 Å². The zero-order valence-electron chi connectivity index (χ0n) is 14.8. The van der Waals surface area contributed by atoms with E-state index in [1.165, 1.54) is 5.56 Å². The van der Waals surface area contributed by atoms with E-state index in [-0.39, 0.29) is 11.9 Å². The monoisotopic (exact) mass is 341 g/mol. The zero-order chi connectivity index (χ0) is 18.0. The van der Waals surface area contributed by atoms with E-state index in [2.05, 4.69) is 11.4 Å². The summed E-state index contributed by atoms with van der Waals surface area (Å²) in [6.07, 6.45) is 2.09. The number of furan rings is 1. The second-order valence-electron chi connectivity index (χ2n) is 6.53. The van der Waals surface area contributed by atoms with Crippen LogP contribution < -0.4 is 5.32 Å². The first-order valence-electron chi connectivity index (χ1n) is 8.62. The Morgan fingerprint density at radius 1 is 1.28 bits per heavy atom. The van der Waals surface area contributed by atoms with Crippen LogP contribution in [0.1, 0.15) is 58.8 Å². The average Bonchev–Trinajstić information content (AvgIpc) is 2.93. The summed E-state index contributed by atoms with van der Waals surface area (Å²) in [5.41, 5.74) is 2.79. The van der Waals surface area contributed by atoms with Crippen molar-refractivity contribution in [3.63, 3.8) is 0 Å². The third-order valence-electron chi connectivity index (χ3n) is 4.60. The van der Waals surface area contributed by atoms with Gasteiger partial charge in [-0.2, -0.15) is 0 Å². The van der Waals surface area contributed by atoms with Gasteiger partial charge in [0.2, 0.25) is 0 Å². The third kappa shape index (κ3) is 3.76. The fraction of sp³-hybridized carbons (Fsp3) is 0.400. The predicted octanol–water partition coefficient (Wildman–Crippen LogP) is 3.64. The number of aryl methyl sites for hydroxylation is 3. The molecule has 2 atom stereocenters. The van der Waals surface area contributed by atoms with E-state index in [1.54, 1.807) is 26.8 Å². The van der Waals surface area contributed by atoms with Crippen LogP contribution in [0.2, 0.25) is 0 Å². The maximum Gasteiger partial charge on any atom is 0.342 e. The van der Waals surface area contributed by atoms with E-state index in [1.807, 2.05) is 18.2 Å². The normalized spacial score (nSPS) is 17.5. The van der Waals surface area contributed by atoms with Gasteiger partial charge in [-0.05, 0) is 57.2 Å². The Bertz CT molecular complexity index is 793. The summed E-state index contributed by atoms with van der Waals surface area (Å²) in [6.45, 7) is 5.05. The summed E-state index contributed by atoms with van der Waals surface area (Å²) in [4.78, 5) is 24.7. The molecule has 1 aliphatic carbocycles. The molecule has 2 aromatic rings. The standard InChI is InChI=1S/C20H23NO4/c1-12-11-17(13(2)24-12)20(23)25-14(3)19(22)21-18-10-6-8-15-7-4-5-9-16(15)18/h4-5,7,9,11,14,18H,6,8,10H2,1-3H3,(H,21,22)/t14-,18+/m1/s1. The third-order valence-corrected chi connectivity index (χ3v) is 4.60. The summed E-state index contributed by atoms with van der Waals surface area (Å²) >= 11 is 0. The lowest BCUT2D eigenvalue weighted by Crippen LogP contribution is -2.39. The molecule has 0 fully saturated rings. The molecule has 5 nitrogen and oxygen atoms in total. The number of ether oxygens (including phenoxy) is 1. The summed E-state index contributed by atoms with van der Waals surface area (Å²) in [5.74, 6) is 0.311. The molecule has 0 spiro atoms. The number of benzene rings is 1. The Morgan fingerprint density at radius 2 is 2.04 bits per heavy atom. The lowest BCUT2D eigenvalue weighted by atomic mass is 9.87. The van der Waals surface area contributed by atoms with Crippen molar-refractivity contribution in [2.75, 3.05) is 0 Å². The molecule has 3 rings (SSSR count). The number of rotatable bonds is 4. The smallest absolute Gasteiger partial charge is 0.342 e. The molecule has 1 heterocycles. The van der Waals surface area contributed by atoms with Crippen LogP contribution in [0.5, 0.6) is 0 Å². The van der Waals surface area contributed by atoms with E-state index in [0.29, 0.717) is 17.1 Å². The molecule has 0 aliphatic heterocycles. The number of esters is 1. The fourth-order valence-corrected chi connectivity index (χ4v) is 3.30. The minimum atomic E-state index is -0.865. The van der Waals surface area contributed by atoms with Gasteiger partial charge in [0, 0.05) is 0 Å². The van der Waals surface area contributed by atoms with Crippen molar-refractivity contribution >= 4 is 11.9 Å². The minimum absolute atomic E-state index is 0.0310. The van der Waals surface area contributed by atoms with Crippen molar-refractivity contribution in [3.05, 3.63) is 58.5 Å². The van der Waals surface area contributed by atoms with Crippen LogP contribution in [0.4, 0.5) is 0 Å². The zero-order valence-corrected chi connectivity index (χ0v) is 14.8. The highest BCUT2D eigenvalue weighted by molar-refractivity contribution is 5.93. The molecule has 0 unspecified atom stereocenters. The fourth-order valence-electron chi connectivity index (χ4n) is 3.30. The average molecular weight is 341 g/mol. The Labute approximate surface area is 147 Å². The lowest BCUT2D eigenvalue weighted by Gasteiger charge is -2.27. The second-order valence-corrected chi connectivity index (χ2v) is 6.53. The molecule has 1 aromatic heterocycles. The molecule has 1 amide bonds. The molecular weight excluding hydrogens is 318 g/mol. The van der Waals surface area contributed by atoms with Crippen molar-refractivity contribution < 1.29 is 18.7 Å². The van der Waals surface area contributed by atoms with Gasteiger partial charge in [0.25, 0.3) is 5.91 Å². The van der Waals surface area contributed by atoms with Gasteiger partial charge < -0.3 is 14.5 Å². The molecule has 1 N–H and O–H groups in total. The largest absolute Gasteiger partial charge is 0.466 e. The van der Waals surface area contributed by atoms with Gasteiger partial charge in [-0.3, -0.25) is 4.79 Å². The number of fused-ring (bicyclic) bond motifs is 1. The molecule has 25 heavy (non-hydrogen) atoms. The maximum absolute atomic E-state index is 12.5. The predicted molar refractivity (Wildman–Crippen MR) is 93.3 cm³/mol. The molecule has 0 saturated heterocycles. The number of hydrogen-bond donors (Lipinski definition) is 1. The molecule has 0 radical (unpaired) electrons. The topological polar surface area (TPSA) is 68.5 Å². The molecule has 1 aliphatic rings. The van der Waals surface area contributed by atoms with Crippen LogP contribution in [-0.2, 0) is 16.0 Å². The molecular formula is C20H23NO4. The van der Waals surface area contributed by atoms with Gasteiger partial charge in [0.1, 0.15) is 17.1 Å². The van der Waals surface area contributed by atoms with Crippen LogP contribution in [-0.4, -0.2) is 18.0 Å². The number of carbonyl (C=O) groups excluding carboxylic acids is 2. The molecule has 1 aromatic carbocycles. The quantitative estimate of drug-likeness (QED) is 0.862. The van der Waals surface area contributed by atoms with Crippen LogP contribution in [0, 0.1) is 13.8 Å². The number of hydrogen-bond acceptors (Lipinski definition) is 4. The van der Waals surface area contributed by atoms with Crippen LogP contribution >= 0.6 is 0 Å². The first-order valence-corrected chi connectivity index (χ1v) is 8.62. The van der Waals surface area contributed by atoms with E-state index in [0.717, 1.165) is 24.8 Å². The Balaban J connectivity index is 1.64. The Kier molecular flexibility index (Phi) is 4.93. The highest BCUT2D eigenvalue weighted by atomic mass is 16.5. The summed E-state index contributed by atoms with van der Waals surface area (Å²) in [6, 6.07) is 9.74. The minimum Gasteiger partial charge on any atom is -0.466 e. The Morgan fingerprint density at radius 3 is 2.76 bits per heavy atom. The lowest BCUT2D eigenvalue weighted by molar-refractivity contribution is -0.130. The summed E-state index contributed by atoms with van der Waals surface area (Å²) < 4.78 is 10.6. The molecule has 5 heteroatoms. The van der Waals surface area contributed by atoms with Gasteiger partial charge >= 0.3 is 5.97 Å². The number of carbonyl (C=O) groups is 2. The van der Waals surface area contributed by atoms with Crippen LogP contribution in [0.3, 0.4) is 0 Å². The highest BCUT2D eigenvalue weighted by Gasteiger charge is 2.26. The van der Waals surface area contributed by atoms with Gasteiger partial charge in [-0.15, -0.1) is 0 Å². The van der Waals surface area contributed by atoms with Crippen LogP contribution in [0.25, 0.3) is 0 Å². The van der Waals surface area contributed by atoms with Crippen molar-refractivity contribution in [1.82, 2.24) is 5.32 Å². The molecule has 0 saturated carbocycles. The number of nitrogens with one attached hydrogen (secondary N) is 1. The van der Waals surface area contributed by atoms with Gasteiger partial charge in [0.15, 0.2) is 6.10 Å². The van der Waals surface area contributed by atoms with Crippen LogP contribution in [0.15, 0.2) is 34.7 Å². The first-order chi connectivity index (χ1) is 12.0.